The van der Waals surface area contributed by atoms with Crippen LogP contribution in [0.2, 0.25) is 0 Å². The number of para-hydroxylation sites is 1. The van der Waals surface area contributed by atoms with Gasteiger partial charge in [-0.2, -0.15) is 0 Å². The van der Waals surface area contributed by atoms with Gasteiger partial charge in [-0.05, 0) is 35.9 Å². The molecule has 6 N–H and O–H groups in total. The number of aromatic hydroxyl groups is 1. The van der Waals surface area contributed by atoms with Crippen molar-refractivity contribution in [2.45, 2.75) is 48.7 Å². The molecule has 16 nitrogen and oxygen atoms in total. The Bertz CT molecular complexity index is 1630. The van der Waals surface area contributed by atoms with Crippen LogP contribution in [0.5, 0.6) is 23.0 Å². The predicted octanol–water partition coefficient (Wildman–Crippen LogP) is -0.576. The van der Waals surface area contributed by atoms with Crippen LogP contribution in [0.1, 0.15) is 5.56 Å². The molecule has 2 aliphatic rings. The number of carbonyl (C=O) groups is 1. The Balaban J connectivity index is 1.16. The first-order chi connectivity index (χ1) is 22.4. The fraction of sp³-hybridized carbons (Fsp3) is 0.419. The number of carbonyl (C=O) groups excluding carboxylic acids is 1. The molecule has 3 aromatic rings. The number of methoxy groups -OCH3 is 2. The molecule has 0 bridgehead atoms. The predicted molar refractivity (Wildman–Crippen MR) is 158 cm³/mol. The highest BCUT2D eigenvalue weighted by molar-refractivity contribution is 5.87. The van der Waals surface area contributed by atoms with Crippen molar-refractivity contribution in [2.24, 2.45) is 0 Å². The average Bonchev–Trinajstić information content (AvgIpc) is 3.35. The highest BCUT2D eigenvalue weighted by Gasteiger charge is 2.51. The maximum atomic E-state index is 12.4. The summed E-state index contributed by atoms with van der Waals surface area (Å²) in [6.45, 7) is -1.71. The standard InChI is InChI=1S/C31H34O16/c1-40-18-9-15(10-19(41-2)23(18)33)7-8-22(32)43-13-31(39)14-44-30(27(31)37)42-12-21-24(34)25(35)26(36)29(47-21)46-20-11-16-5-3-4-6-17(16)45-28(20)38/h3-11,21,24-27,29-30,33-37,39H,12-14H2,1-2H3/b8-7+/t21-,24-,25+,26-,27+,29-,30-,31-/m1/s1. The molecule has 2 saturated heterocycles. The summed E-state index contributed by atoms with van der Waals surface area (Å²) in [6.07, 6.45) is -9.01. The zero-order valence-corrected chi connectivity index (χ0v) is 25.1. The Morgan fingerprint density at radius 1 is 0.979 bits per heavy atom. The quantitative estimate of drug-likeness (QED) is 0.0857. The van der Waals surface area contributed by atoms with Crippen LogP contribution < -0.4 is 19.8 Å². The van der Waals surface area contributed by atoms with Gasteiger partial charge in [-0.3, -0.25) is 0 Å². The number of hydrogen-bond acceptors (Lipinski definition) is 16. The lowest BCUT2D eigenvalue weighted by Crippen LogP contribution is -2.60. The number of rotatable bonds is 11. The van der Waals surface area contributed by atoms with E-state index in [9.17, 15) is 40.2 Å². The van der Waals surface area contributed by atoms with E-state index in [4.69, 9.17) is 37.6 Å². The molecule has 16 heteroatoms. The molecule has 1 aromatic heterocycles. The van der Waals surface area contributed by atoms with Gasteiger partial charge >= 0.3 is 11.6 Å². The molecule has 0 spiro atoms. The number of hydrogen-bond donors (Lipinski definition) is 6. The fourth-order valence-electron chi connectivity index (χ4n) is 4.93. The second-order valence-corrected chi connectivity index (χ2v) is 10.8. The van der Waals surface area contributed by atoms with E-state index in [0.717, 1.165) is 6.08 Å². The van der Waals surface area contributed by atoms with Gasteiger partial charge in [0.25, 0.3) is 0 Å². The van der Waals surface area contributed by atoms with Gasteiger partial charge in [-0.15, -0.1) is 0 Å². The summed E-state index contributed by atoms with van der Waals surface area (Å²) in [4.78, 5) is 24.7. The van der Waals surface area contributed by atoms with Crippen LogP contribution in [-0.2, 0) is 23.7 Å². The number of benzene rings is 2. The van der Waals surface area contributed by atoms with E-state index in [0.29, 0.717) is 16.5 Å². The normalized spacial score (nSPS) is 29.2. The van der Waals surface area contributed by atoms with E-state index in [1.165, 1.54) is 38.5 Å². The van der Waals surface area contributed by atoms with Gasteiger partial charge in [0.1, 0.15) is 42.7 Å². The average molecular weight is 663 g/mol. The molecule has 3 heterocycles. The van der Waals surface area contributed by atoms with Crippen molar-refractivity contribution in [3.63, 3.8) is 0 Å². The van der Waals surface area contributed by atoms with Gasteiger partial charge in [-0.1, -0.05) is 18.2 Å². The maximum Gasteiger partial charge on any atom is 0.379 e. The van der Waals surface area contributed by atoms with Crippen LogP contribution in [0.3, 0.4) is 0 Å². The summed E-state index contributed by atoms with van der Waals surface area (Å²) in [5, 5.41) is 63.5. The van der Waals surface area contributed by atoms with E-state index < -0.39 is 80.1 Å². The van der Waals surface area contributed by atoms with Crippen molar-refractivity contribution < 1.29 is 73.0 Å². The fourth-order valence-corrected chi connectivity index (χ4v) is 4.93. The number of aliphatic hydroxyl groups excluding tert-OH is 4. The Morgan fingerprint density at radius 3 is 2.38 bits per heavy atom. The molecular formula is C31H34O16. The van der Waals surface area contributed by atoms with Crippen molar-refractivity contribution in [3.05, 3.63) is 64.5 Å². The summed E-state index contributed by atoms with van der Waals surface area (Å²) in [6, 6.07) is 10.9. The van der Waals surface area contributed by atoms with Crippen LogP contribution >= 0.6 is 0 Å². The summed E-state index contributed by atoms with van der Waals surface area (Å²) < 4.78 is 42.4. The van der Waals surface area contributed by atoms with E-state index in [1.807, 2.05) is 0 Å². The summed E-state index contributed by atoms with van der Waals surface area (Å²) in [5.74, 6) is -1.19. The number of fused-ring (bicyclic) bond motifs is 1. The Labute approximate surface area is 266 Å². The van der Waals surface area contributed by atoms with Crippen LogP contribution in [0.15, 0.2) is 57.8 Å². The van der Waals surface area contributed by atoms with Crippen LogP contribution in [0.4, 0.5) is 0 Å². The number of phenols is 1. The summed E-state index contributed by atoms with van der Waals surface area (Å²) in [5.41, 5.74) is -2.21. The van der Waals surface area contributed by atoms with Crippen molar-refractivity contribution in [2.75, 3.05) is 34.0 Å². The third kappa shape index (κ3) is 7.34. The molecule has 254 valence electrons. The smallest absolute Gasteiger partial charge is 0.379 e. The first kappa shape index (κ1) is 34.1. The second-order valence-electron chi connectivity index (χ2n) is 10.8. The Morgan fingerprint density at radius 2 is 1.68 bits per heavy atom. The van der Waals surface area contributed by atoms with Crippen molar-refractivity contribution in [3.8, 4) is 23.0 Å². The third-order valence-corrected chi connectivity index (χ3v) is 7.63. The molecule has 0 radical (unpaired) electrons. The number of phenolic OH excluding ortho intramolecular Hbond substituents is 1. The van der Waals surface area contributed by atoms with Crippen LogP contribution in [-0.4, -0.2) is 119 Å². The van der Waals surface area contributed by atoms with Gasteiger partial charge < -0.3 is 68.2 Å². The molecule has 5 rings (SSSR count). The van der Waals surface area contributed by atoms with Gasteiger partial charge in [0.2, 0.25) is 17.8 Å². The molecule has 0 unspecified atom stereocenters. The molecule has 2 aromatic carbocycles. The van der Waals surface area contributed by atoms with E-state index in [-0.39, 0.29) is 23.0 Å². The van der Waals surface area contributed by atoms with Gasteiger partial charge in [-0.25, -0.2) is 9.59 Å². The largest absolute Gasteiger partial charge is 0.502 e. The second kappa shape index (κ2) is 14.2. The van der Waals surface area contributed by atoms with Crippen LogP contribution in [0.25, 0.3) is 17.0 Å². The molecule has 2 aliphatic heterocycles. The highest BCUT2D eigenvalue weighted by atomic mass is 16.7. The van der Waals surface area contributed by atoms with Gasteiger partial charge in [0.05, 0.1) is 27.4 Å². The number of ether oxygens (including phenoxy) is 7. The lowest BCUT2D eigenvalue weighted by atomic mass is 9.99. The first-order valence-electron chi connectivity index (χ1n) is 14.3. The molecule has 8 atom stereocenters. The van der Waals surface area contributed by atoms with Crippen molar-refractivity contribution in [1.82, 2.24) is 0 Å². The SMILES string of the molecule is COc1cc(/C=C/C(=O)OC[C@@]2(O)CO[C@@H](OC[C@H]3O[C@@H](Oc4cc5ccccc5oc4=O)[C@H](O)[C@@H](O)[C@@H]3O)[C@@H]2O)cc(OC)c1O. The lowest BCUT2D eigenvalue weighted by molar-refractivity contribution is -0.289. The number of aliphatic hydroxyl groups is 5. The molecule has 0 saturated carbocycles. The minimum atomic E-state index is -2.07. The first-order valence-corrected chi connectivity index (χ1v) is 14.3. The van der Waals surface area contributed by atoms with E-state index in [2.05, 4.69) is 0 Å². The van der Waals surface area contributed by atoms with E-state index in [1.54, 1.807) is 24.3 Å². The lowest BCUT2D eigenvalue weighted by Gasteiger charge is -2.40. The summed E-state index contributed by atoms with van der Waals surface area (Å²) >= 11 is 0. The minimum Gasteiger partial charge on any atom is -0.502 e. The third-order valence-electron chi connectivity index (χ3n) is 7.63. The van der Waals surface area contributed by atoms with Gasteiger partial charge in [0.15, 0.2) is 23.4 Å². The van der Waals surface area contributed by atoms with Crippen molar-refractivity contribution in [1.29, 1.82) is 0 Å². The number of esters is 1. The van der Waals surface area contributed by atoms with Gasteiger partial charge in [0, 0.05) is 11.5 Å². The molecule has 47 heavy (non-hydrogen) atoms. The molecule has 0 aliphatic carbocycles. The van der Waals surface area contributed by atoms with Crippen LogP contribution in [0, 0.1) is 0 Å². The van der Waals surface area contributed by atoms with E-state index >= 15 is 0 Å². The Kier molecular flexibility index (Phi) is 10.3. The topological polar surface area (TPSA) is 233 Å². The Hall–Kier alpha value is -4.26. The molecule has 0 amide bonds. The summed E-state index contributed by atoms with van der Waals surface area (Å²) in [7, 11) is 2.70. The monoisotopic (exact) mass is 662 g/mol. The maximum absolute atomic E-state index is 12.4. The van der Waals surface area contributed by atoms with Crippen molar-refractivity contribution >= 4 is 23.0 Å². The molecule has 2 fully saturated rings. The highest BCUT2D eigenvalue weighted by Crippen LogP contribution is 2.37. The minimum absolute atomic E-state index is 0.112. The zero-order valence-electron chi connectivity index (χ0n) is 25.1. The molecular weight excluding hydrogens is 628 g/mol. The zero-order chi connectivity index (χ0) is 33.9.